The van der Waals surface area contributed by atoms with Gasteiger partial charge in [-0.05, 0) is 54.1 Å². The number of amides is 4. The molecule has 3 aromatic rings. The number of nitrogens with zero attached hydrogens (tertiary/aromatic N) is 1. The molecular weight excluding hydrogens is 495 g/mol. The maximum atomic E-state index is 13.0. The Labute approximate surface area is 209 Å². The molecule has 8 nitrogen and oxygen atoms in total. The Kier molecular flexibility index (Phi) is 6.86. The zero-order chi connectivity index (χ0) is 25.1. The number of hydrogen-bond acceptors (Lipinski definition) is 5. The van der Waals surface area contributed by atoms with E-state index in [0.29, 0.717) is 16.3 Å². The fraction of sp³-hybridized carbons (Fsp3) is 0.0400. The normalized spacial score (nSPS) is 14.7. The Hall–Kier alpha value is -4.14. The number of rotatable bonds is 6. The van der Waals surface area contributed by atoms with Crippen LogP contribution in [0.1, 0.15) is 21.5 Å². The van der Waals surface area contributed by atoms with Crippen molar-refractivity contribution in [1.29, 1.82) is 0 Å². The summed E-state index contributed by atoms with van der Waals surface area (Å²) < 4.78 is 5.73. The fourth-order valence-corrected chi connectivity index (χ4v) is 3.74. The van der Waals surface area contributed by atoms with E-state index in [1.807, 2.05) is 18.2 Å². The molecule has 3 aromatic carbocycles. The highest BCUT2D eigenvalue weighted by Gasteiger charge is 2.36. The molecule has 1 fully saturated rings. The average Bonchev–Trinajstić information content (AvgIpc) is 2.82. The van der Waals surface area contributed by atoms with Crippen molar-refractivity contribution in [2.45, 2.75) is 6.61 Å². The maximum Gasteiger partial charge on any atom is 0.335 e. The number of halogens is 2. The number of urea groups is 1. The first kappa shape index (κ1) is 24.0. The first-order valence-corrected chi connectivity index (χ1v) is 10.9. The third-order valence-corrected chi connectivity index (χ3v) is 5.75. The van der Waals surface area contributed by atoms with Crippen LogP contribution in [0.25, 0.3) is 6.08 Å². The van der Waals surface area contributed by atoms with Gasteiger partial charge in [-0.3, -0.25) is 14.9 Å². The predicted octanol–water partition coefficient (Wildman–Crippen LogP) is 4.94. The van der Waals surface area contributed by atoms with Crippen molar-refractivity contribution in [1.82, 2.24) is 5.32 Å². The molecule has 0 bridgehead atoms. The smallest absolute Gasteiger partial charge is 0.335 e. The molecular formula is C25H16Cl2N2O6. The molecule has 0 spiro atoms. The van der Waals surface area contributed by atoms with E-state index in [1.54, 1.807) is 18.2 Å². The summed E-state index contributed by atoms with van der Waals surface area (Å²) in [4.78, 5) is 49.5. The molecule has 1 saturated heterocycles. The van der Waals surface area contributed by atoms with E-state index >= 15 is 0 Å². The molecule has 0 atom stereocenters. The summed E-state index contributed by atoms with van der Waals surface area (Å²) in [5.74, 6) is -2.51. The van der Waals surface area contributed by atoms with Gasteiger partial charge in [-0.1, -0.05) is 47.5 Å². The van der Waals surface area contributed by atoms with Gasteiger partial charge in [-0.25, -0.2) is 14.5 Å². The van der Waals surface area contributed by atoms with Crippen molar-refractivity contribution in [3.63, 3.8) is 0 Å². The van der Waals surface area contributed by atoms with Crippen LogP contribution in [0.2, 0.25) is 10.0 Å². The van der Waals surface area contributed by atoms with Crippen LogP contribution in [-0.2, 0) is 16.2 Å². The zero-order valence-corrected chi connectivity index (χ0v) is 19.3. The van der Waals surface area contributed by atoms with Gasteiger partial charge in [0.05, 0.1) is 16.3 Å². The topological polar surface area (TPSA) is 113 Å². The lowest BCUT2D eigenvalue weighted by molar-refractivity contribution is -0.122. The minimum Gasteiger partial charge on any atom is -0.487 e. The molecule has 10 heteroatoms. The van der Waals surface area contributed by atoms with E-state index in [0.717, 1.165) is 10.5 Å². The van der Waals surface area contributed by atoms with Gasteiger partial charge in [-0.15, -0.1) is 0 Å². The number of benzene rings is 3. The number of hydrogen-bond donors (Lipinski definition) is 2. The van der Waals surface area contributed by atoms with E-state index in [-0.39, 0.29) is 28.5 Å². The maximum absolute atomic E-state index is 13.0. The van der Waals surface area contributed by atoms with Crippen LogP contribution >= 0.6 is 23.2 Å². The minimum atomic E-state index is -1.15. The Bertz CT molecular complexity index is 1380. The molecule has 4 rings (SSSR count). The van der Waals surface area contributed by atoms with Gasteiger partial charge < -0.3 is 9.84 Å². The molecule has 1 heterocycles. The minimum absolute atomic E-state index is 0.0167. The van der Waals surface area contributed by atoms with E-state index < -0.39 is 23.8 Å². The molecule has 35 heavy (non-hydrogen) atoms. The number of carboxylic acids is 1. The number of nitrogens with one attached hydrogen (secondary N) is 1. The summed E-state index contributed by atoms with van der Waals surface area (Å²) >= 11 is 12.5. The Morgan fingerprint density at radius 1 is 0.971 bits per heavy atom. The van der Waals surface area contributed by atoms with Gasteiger partial charge in [0.25, 0.3) is 11.8 Å². The van der Waals surface area contributed by atoms with E-state index in [2.05, 4.69) is 5.32 Å². The monoisotopic (exact) mass is 510 g/mol. The van der Waals surface area contributed by atoms with Crippen LogP contribution in [0.5, 0.6) is 5.75 Å². The number of carboxylic acid groups (broad SMARTS) is 1. The van der Waals surface area contributed by atoms with Crippen molar-refractivity contribution in [2.24, 2.45) is 0 Å². The second-order valence-corrected chi connectivity index (χ2v) is 8.19. The van der Waals surface area contributed by atoms with Gasteiger partial charge in [0, 0.05) is 10.6 Å². The highest BCUT2D eigenvalue weighted by atomic mass is 35.5. The van der Waals surface area contributed by atoms with Crippen LogP contribution in [0, 0.1) is 0 Å². The number of barbiturate groups is 1. The van der Waals surface area contributed by atoms with E-state index in [9.17, 15) is 19.2 Å². The van der Waals surface area contributed by atoms with Crippen LogP contribution in [-0.4, -0.2) is 28.9 Å². The van der Waals surface area contributed by atoms with Gasteiger partial charge in [0.1, 0.15) is 17.9 Å². The van der Waals surface area contributed by atoms with Crippen molar-refractivity contribution in [2.75, 3.05) is 4.90 Å². The van der Waals surface area contributed by atoms with Crippen molar-refractivity contribution in [3.8, 4) is 5.75 Å². The summed E-state index contributed by atoms with van der Waals surface area (Å²) in [5, 5.41) is 11.9. The number of aromatic carboxylic acids is 1. The summed E-state index contributed by atoms with van der Waals surface area (Å²) in [6.07, 6.45) is 1.30. The van der Waals surface area contributed by atoms with Crippen LogP contribution < -0.4 is 15.0 Å². The van der Waals surface area contributed by atoms with Crippen LogP contribution in [0.15, 0.2) is 72.3 Å². The molecule has 0 saturated carbocycles. The van der Waals surface area contributed by atoms with E-state index in [1.165, 1.54) is 36.4 Å². The second kappa shape index (κ2) is 10.0. The van der Waals surface area contributed by atoms with Gasteiger partial charge in [-0.2, -0.15) is 0 Å². The SMILES string of the molecule is O=C1NC(=O)N(c2ccc(C(=O)O)cc2)C(=O)/C1=C/c1ccc(OCc2ccccc2Cl)c(Cl)c1. The standard InChI is InChI=1S/C25H16Cl2N2O6/c26-19-4-2-1-3-16(19)13-35-21-10-5-14(12-20(21)27)11-18-22(30)28-25(34)29(23(18)31)17-8-6-15(7-9-17)24(32)33/h1-12H,13H2,(H,32,33)(H,28,30,34)/b18-11+. The molecule has 4 amide bonds. The van der Waals surface area contributed by atoms with Crippen molar-refractivity contribution in [3.05, 3.63) is 99.0 Å². The lowest BCUT2D eigenvalue weighted by atomic mass is 10.1. The lowest BCUT2D eigenvalue weighted by Gasteiger charge is -2.26. The number of carbonyl (C=O) groups is 4. The summed E-state index contributed by atoms with van der Waals surface area (Å²) in [5.41, 5.74) is 0.998. The van der Waals surface area contributed by atoms with Crippen LogP contribution in [0.3, 0.4) is 0 Å². The van der Waals surface area contributed by atoms with Crippen molar-refractivity contribution >= 4 is 58.8 Å². The fourth-order valence-electron chi connectivity index (χ4n) is 3.31. The van der Waals surface area contributed by atoms with E-state index in [4.69, 9.17) is 33.0 Å². The number of imide groups is 2. The molecule has 0 aromatic heterocycles. The molecule has 0 radical (unpaired) electrons. The van der Waals surface area contributed by atoms with Crippen LogP contribution in [0.4, 0.5) is 10.5 Å². The van der Waals surface area contributed by atoms with Gasteiger partial charge in [0.15, 0.2) is 0 Å². The predicted molar refractivity (Wildman–Crippen MR) is 130 cm³/mol. The Balaban J connectivity index is 1.56. The molecule has 176 valence electrons. The zero-order valence-electron chi connectivity index (χ0n) is 17.8. The molecule has 2 N–H and O–H groups in total. The van der Waals surface area contributed by atoms with Gasteiger partial charge in [0.2, 0.25) is 0 Å². The Morgan fingerprint density at radius 3 is 2.34 bits per heavy atom. The third kappa shape index (κ3) is 5.18. The van der Waals surface area contributed by atoms with Gasteiger partial charge >= 0.3 is 12.0 Å². The molecule has 1 aliphatic heterocycles. The summed E-state index contributed by atoms with van der Waals surface area (Å²) in [6.45, 7) is 0.193. The molecule has 1 aliphatic rings. The van der Waals surface area contributed by atoms with Crippen molar-refractivity contribution < 1.29 is 29.0 Å². The number of anilines is 1. The largest absolute Gasteiger partial charge is 0.487 e. The molecule has 0 aliphatic carbocycles. The quantitative estimate of drug-likeness (QED) is 0.358. The first-order chi connectivity index (χ1) is 16.7. The summed E-state index contributed by atoms with van der Waals surface area (Å²) in [6, 6.07) is 16.1. The molecule has 0 unspecified atom stereocenters. The average molecular weight is 511 g/mol. The first-order valence-electron chi connectivity index (χ1n) is 10.1. The number of ether oxygens (including phenoxy) is 1. The number of carbonyl (C=O) groups excluding carboxylic acids is 3. The highest BCUT2D eigenvalue weighted by molar-refractivity contribution is 6.39. The summed E-state index contributed by atoms with van der Waals surface area (Å²) in [7, 11) is 0. The second-order valence-electron chi connectivity index (χ2n) is 7.38. The third-order valence-electron chi connectivity index (χ3n) is 5.08. The Morgan fingerprint density at radius 2 is 1.69 bits per heavy atom. The highest BCUT2D eigenvalue weighted by Crippen LogP contribution is 2.29. The lowest BCUT2D eigenvalue weighted by Crippen LogP contribution is -2.54.